The molecule has 6 nitrogen and oxygen atoms in total. The first-order chi connectivity index (χ1) is 17.6. The Kier molecular flexibility index (Phi) is 8.96. The van der Waals surface area contributed by atoms with E-state index in [1.54, 1.807) is 0 Å². The van der Waals surface area contributed by atoms with Crippen LogP contribution in [-0.4, -0.2) is 48.3 Å². The van der Waals surface area contributed by atoms with Gasteiger partial charge in [0.15, 0.2) is 8.32 Å². The van der Waals surface area contributed by atoms with Crippen molar-refractivity contribution >= 4 is 20.2 Å². The number of rotatable bonds is 9. The first kappa shape index (κ1) is 30.1. The van der Waals surface area contributed by atoms with Gasteiger partial charge < -0.3 is 9.26 Å². The zero-order valence-corrected chi connectivity index (χ0v) is 25.7. The zero-order valence-electron chi connectivity index (χ0n) is 24.7. The molecule has 7 heteroatoms. The Morgan fingerprint density at radius 2 is 1.42 bits per heavy atom. The minimum atomic E-state index is -2.10. The number of benzene rings is 2. The highest BCUT2D eigenvalue weighted by atomic mass is 28.4. The van der Waals surface area contributed by atoms with E-state index in [0.29, 0.717) is 26.1 Å². The summed E-state index contributed by atoms with van der Waals surface area (Å²) in [7, 11) is -2.10. The van der Waals surface area contributed by atoms with Crippen LogP contribution in [-0.2, 0) is 31.9 Å². The van der Waals surface area contributed by atoms with Crippen LogP contribution in [0.3, 0.4) is 0 Å². The van der Waals surface area contributed by atoms with Crippen molar-refractivity contribution in [1.29, 1.82) is 0 Å². The predicted molar refractivity (Wildman–Crippen MR) is 154 cm³/mol. The summed E-state index contributed by atoms with van der Waals surface area (Å²) in [5, 5.41) is 1.35. The van der Waals surface area contributed by atoms with Gasteiger partial charge in [-0.15, -0.1) is 0 Å². The van der Waals surface area contributed by atoms with Crippen molar-refractivity contribution in [3.8, 4) is 0 Å². The molecule has 208 valence electrons. The minimum Gasteiger partial charge on any atom is -0.415 e. The van der Waals surface area contributed by atoms with E-state index < -0.39 is 25.2 Å². The average molecular weight is 539 g/mol. The zero-order chi connectivity index (χ0) is 28.4. The van der Waals surface area contributed by atoms with Crippen molar-refractivity contribution in [1.82, 2.24) is 9.96 Å². The number of hydrogen-bond donors (Lipinski definition) is 0. The molecule has 0 bridgehead atoms. The summed E-state index contributed by atoms with van der Waals surface area (Å²) in [6.45, 7) is 20.2. The van der Waals surface area contributed by atoms with Gasteiger partial charge in [0, 0.05) is 26.4 Å². The maximum atomic E-state index is 14.5. The van der Waals surface area contributed by atoms with E-state index >= 15 is 0 Å². The molecule has 0 unspecified atom stereocenters. The van der Waals surface area contributed by atoms with Gasteiger partial charge in [-0.2, -0.15) is 5.06 Å². The molecule has 0 saturated carbocycles. The molecule has 0 spiro atoms. The van der Waals surface area contributed by atoms with Gasteiger partial charge in [-0.3, -0.25) is 14.5 Å². The van der Waals surface area contributed by atoms with Crippen LogP contribution in [0.25, 0.3) is 0 Å². The number of carbonyl (C=O) groups excluding carboxylic acids is 2. The highest BCUT2D eigenvalue weighted by Crippen LogP contribution is 2.48. The fourth-order valence-corrected chi connectivity index (χ4v) is 6.10. The quantitative estimate of drug-likeness (QED) is 0.338. The molecule has 1 saturated heterocycles. The SMILES string of the molecule is CC(=O)ON1C(=O)[C@](N(Cc2ccccc2)Cc2ccccc2)(C(C)(C)C)C[C@H]1CO[Si](C)(C)C(C)(C)C. The first-order valence-electron chi connectivity index (χ1n) is 13.6. The molecule has 0 aromatic heterocycles. The third-order valence-corrected chi connectivity index (χ3v) is 12.8. The summed E-state index contributed by atoms with van der Waals surface area (Å²) >= 11 is 0. The Morgan fingerprint density at radius 3 is 1.82 bits per heavy atom. The number of amides is 1. The molecular weight excluding hydrogens is 492 g/mol. The molecule has 0 N–H and O–H groups in total. The molecule has 2 aromatic carbocycles. The number of carbonyl (C=O) groups is 2. The second-order valence-corrected chi connectivity index (χ2v) is 17.9. The maximum Gasteiger partial charge on any atom is 0.329 e. The van der Waals surface area contributed by atoms with Gasteiger partial charge in [-0.25, -0.2) is 0 Å². The fourth-order valence-electron chi connectivity index (χ4n) is 5.06. The van der Waals surface area contributed by atoms with Gasteiger partial charge >= 0.3 is 5.97 Å². The van der Waals surface area contributed by atoms with Crippen molar-refractivity contribution in [2.45, 2.75) is 97.7 Å². The normalized spacial score (nSPS) is 20.7. The summed E-state index contributed by atoms with van der Waals surface area (Å²) < 4.78 is 6.60. The Labute approximate surface area is 230 Å². The summed E-state index contributed by atoms with van der Waals surface area (Å²) in [6, 6.07) is 20.1. The van der Waals surface area contributed by atoms with E-state index in [1.165, 1.54) is 12.0 Å². The van der Waals surface area contributed by atoms with Gasteiger partial charge in [0.25, 0.3) is 5.91 Å². The monoisotopic (exact) mass is 538 g/mol. The van der Waals surface area contributed by atoms with Crippen LogP contribution in [0.4, 0.5) is 0 Å². The Balaban J connectivity index is 2.09. The van der Waals surface area contributed by atoms with Crippen molar-refractivity contribution in [3.05, 3.63) is 71.8 Å². The molecule has 38 heavy (non-hydrogen) atoms. The summed E-state index contributed by atoms with van der Waals surface area (Å²) in [5.41, 5.74) is 0.868. The molecular formula is C31H46N2O4Si. The van der Waals surface area contributed by atoms with Crippen LogP contribution in [0.2, 0.25) is 18.1 Å². The fraction of sp³-hybridized carbons (Fsp3) is 0.548. The van der Waals surface area contributed by atoms with E-state index in [4.69, 9.17) is 9.26 Å². The lowest BCUT2D eigenvalue weighted by Crippen LogP contribution is -2.61. The van der Waals surface area contributed by atoms with E-state index in [0.717, 1.165) is 11.1 Å². The molecule has 1 fully saturated rings. The van der Waals surface area contributed by atoms with Crippen LogP contribution in [0.1, 0.15) is 66.0 Å². The number of hydroxylamine groups is 2. The van der Waals surface area contributed by atoms with E-state index in [2.05, 4.69) is 83.8 Å². The molecule has 0 radical (unpaired) electrons. The predicted octanol–water partition coefficient (Wildman–Crippen LogP) is 6.57. The number of hydrogen-bond acceptors (Lipinski definition) is 5. The average Bonchev–Trinajstić information content (AvgIpc) is 3.10. The van der Waals surface area contributed by atoms with Crippen LogP contribution < -0.4 is 0 Å². The van der Waals surface area contributed by atoms with Gasteiger partial charge in [-0.05, 0) is 34.7 Å². The highest BCUT2D eigenvalue weighted by molar-refractivity contribution is 6.74. The topological polar surface area (TPSA) is 59.1 Å². The van der Waals surface area contributed by atoms with E-state index in [9.17, 15) is 9.59 Å². The third-order valence-electron chi connectivity index (χ3n) is 8.30. The molecule has 1 aliphatic heterocycles. The van der Waals surface area contributed by atoms with Crippen LogP contribution in [0.15, 0.2) is 60.7 Å². The highest BCUT2D eigenvalue weighted by Gasteiger charge is 2.62. The van der Waals surface area contributed by atoms with Gasteiger partial charge in [-0.1, -0.05) is 102 Å². The molecule has 2 atom stereocenters. The maximum absolute atomic E-state index is 14.5. The van der Waals surface area contributed by atoms with Crippen LogP contribution in [0, 0.1) is 5.41 Å². The van der Waals surface area contributed by atoms with Gasteiger partial charge in [0.2, 0.25) is 0 Å². The van der Waals surface area contributed by atoms with Crippen molar-refractivity contribution in [2.75, 3.05) is 6.61 Å². The molecule has 1 aliphatic rings. The molecule has 0 aliphatic carbocycles. The Hall–Kier alpha value is -2.48. The number of nitrogens with zero attached hydrogens (tertiary/aromatic N) is 2. The van der Waals surface area contributed by atoms with Gasteiger partial charge in [0.05, 0.1) is 12.6 Å². The summed E-state index contributed by atoms with van der Waals surface area (Å²) in [6.07, 6.45) is 0.497. The molecule has 3 rings (SSSR count). The molecule has 1 heterocycles. The molecule has 2 aromatic rings. The first-order valence-corrected chi connectivity index (χ1v) is 16.5. The van der Waals surface area contributed by atoms with Crippen molar-refractivity contribution in [2.24, 2.45) is 5.41 Å². The van der Waals surface area contributed by atoms with Crippen molar-refractivity contribution in [3.63, 3.8) is 0 Å². The lowest BCUT2D eigenvalue weighted by Gasteiger charge is -2.48. The lowest BCUT2D eigenvalue weighted by atomic mass is 9.70. The van der Waals surface area contributed by atoms with E-state index in [1.807, 2.05) is 36.4 Å². The van der Waals surface area contributed by atoms with Crippen LogP contribution in [0.5, 0.6) is 0 Å². The van der Waals surface area contributed by atoms with Gasteiger partial charge in [0.1, 0.15) is 5.54 Å². The Morgan fingerprint density at radius 1 is 0.947 bits per heavy atom. The largest absolute Gasteiger partial charge is 0.415 e. The third kappa shape index (κ3) is 6.38. The van der Waals surface area contributed by atoms with Crippen LogP contribution >= 0.6 is 0 Å². The molecule has 1 amide bonds. The smallest absolute Gasteiger partial charge is 0.329 e. The van der Waals surface area contributed by atoms with E-state index in [-0.39, 0.29) is 17.0 Å². The lowest BCUT2D eigenvalue weighted by molar-refractivity contribution is -0.204. The second-order valence-electron chi connectivity index (χ2n) is 13.1. The summed E-state index contributed by atoms with van der Waals surface area (Å²) in [5.74, 6) is -0.686. The minimum absolute atomic E-state index is 0.0235. The Bertz CT molecular complexity index is 1050. The summed E-state index contributed by atoms with van der Waals surface area (Å²) in [4.78, 5) is 34.7. The second kappa shape index (κ2) is 11.3. The van der Waals surface area contributed by atoms with Crippen molar-refractivity contribution < 1.29 is 18.9 Å². The standard InChI is InChI=1S/C31H46N2O4Si/c1-24(34)37-33-27(23-36-38(8,9)30(5,6)7)20-31(28(33)35,29(2,3)4)32(21-25-16-12-10-13-17-25)22-26-18-14-11-15-19-26/h10-19,27H,20-23H2,1-9H3/t27-,31-/m0/s1.